The third-order valence-electron chi connectivity index (χ3n) is 4.25. The van der Waals surface area contributed by atoms with Crippen LogP contribution in [0.3, 0.4) is 0 Å². The zero-order valence-corrected chi connectivity index (χ0v) is 13.4. The number of rotatable bonds is 5. The van der Waals surface area contributed by atoms with Crippen LogP contribution in [0.4, 0.5) is 5.69 Å². The predicted molar refractivity (Wildman–Crippen MR) is 80.6 cm³/mol. The highest BCUT2D eigenvalue weighted by molar-refractivity contribution is 9.10. The van der Waals surface area contributed by atoms with Crippen molar-refractivity contribution < 1.29 is 9.66 Å². The summed E-state index contributed by atoms with van der Waals surface area (Å²) in [4.78, 5) is 10.7. The van der Waals surface area contributed by atoms with Gasteiger partial charge in [0.2, 0.25) is 0 Å². The normalized spacial score (nSPS) is 24.2. The Bertz CT molecular complexity index is 519. The average Bonchev–Trinajstić information content (AvgIpc) is 2.38. The minimum Gasteiger partial charge on any atom is -0.381 e. The molecule has 0 spiro atoms. The number of nitro benzene ring substituents is 1. The molecule has 1 aromatic rings. The molecule has 2 unspecified atom stereocenters. The summed E-state index contributed by atoms with van der Waals surface area (Å²) < 4.78 is 6.13. The van der Waals surface area contributed by atoms with Gasteiger partial charge in [-0.3, -0.25) is 10.1 Å². The summed E-state index contributed by atoms with van der Waals surface area (Å²) in [6, 6.07) is 5.47. The third kappa shape index (κ3) is 2.87. The summed E-state index contributed by atoms with van der Waals surface area (Å²) in [5, 5.41) is 14.5. The molecule has 110 valence electrons. The first kappa shape index (κ1) is 15.4. The quantitative estimate of drug-likeness (QED) is 0.658. The minimum atomic E-state index is -0.342. The van der Waals surface area contributed by atoms with Crippen LogP contribution < -0.4 is 5.32 Å². The largest absolute Gasteiger partial charge is 0.381 e. The van der Waals surface area contributed by atoms with Crippen molar-refractivity contribution in [2.75, 3.05) is 7.11 Å². The van der Waals surface area contributed by atoms with E-state index in [4.69, 9.17) is 4.74 Å². The van der Waals surface area contributed by atoms with Crippen LogP contribution in [0, 0.1) is 15.5 Å². The Kier molecular flexibility index (Phi) is 4.46. The van der Waals surface area contributed by atoms with Gasteiger partial charge in [0.05, 0.1) is 11.0 Å². The highest BCUT2D eigenvalue weighted by Gasteiger charge is 2.48. The molecule has 1 aromatic carbocycles. The second kappa shape index (κ2) is 5.79. The summed E-state index contributed by atoms with van der Waals surface area (Å²) in [5.74, 6) is 0. The molecular formula is C14H19BrN2O3. The molecule has 0 saturated heterocycles. The highest BCUT2D eigenvalue weighted by atomic mass is 79.9. The van der Waals surface area contributed by atoms with E-state index >= 15 is 0 Å². The topological polar surface area (TPSA) is 64.4 Å². The zero-order chi connectivity index (χ0) is 14.9. The van der Waals surface area contributed by atoms with Crippen molar-refractivity contribution in [3.8, 4) is 0 Å². The molecule has 1 fully saturated rings. The van der Waals surface area contributed by atoms with Gasteiger partial charge in [-0.2, -0.15) is 0 Å². The number of hydrogen-bond donors (Lipinski definition) is 1. The number of nitro groups is 1. The van der Waals surface area contributed by atoms with Crippen molar-refractivity contribution in [3.05, 3.63) is 38.3 Å². The number of halogens is 1. The van der Waals surface area contributed by atoms with Gasteiger partial charge < -0.3 is 10.1 Å². The van der Waals surface area contributed by atoms with Gasteiger partial charge in [-0.15, -0.1) is 0 Å². The van der Waals surface area contributed by atoms with E-state index in [-0.39, 0.29) is 22.1 Å². The molecule has 2 atom stereocenters. The van der Waals surface area contributed by atoms with Crippen molar-refractivity contribution in [1.29, 1.82) is 0 Å². The van der Waals surface area contributed by atoms with Crippen LogP contribution >= 0.6 is 15.9 Å². The highest BCUT2D eigenvalue weighted by Crippen LogP contribution is 2.42. The molecule has 1 saturated carbocycles. The molecule has 0 amide bonds. The van der Waals surface area contributed by atoms with E-state index < -0.39 is 0 Å². The molecule has 0 radical (unpaired) electrons. The minimum absolute atomic E-state index is 0.0545. The van der Waals surface area contributed by atoms with Gasteiger partial charge in [-0.25, -0.2) is 0 Å². The van der Waals surface area contributed by atoms with Gasteiger partial charge in [0, 0.05) is 41.2 Å². The maximum atomic E-state index is 11.1. The van der Waals surface area contributed by atoms with E-state index in [1.165, 1.54) is 0 Å². The van der Waals surface area contributed by atoms with Gasteiger partial charge in [0.15, 0.2) is 0 Å². The molecule has 0 aromatic heterocycles. The van der Waals surface area contributed by atoms with E-state index in [1.807, 2.05) is 6.07 Å². The Hall–Kier alpha value is -0.980. The number of ether oxygens (including phenoxy) is 1. The van der Waals surface area contributed by atoms with Crippen LogP contribution in [-0.2, 0) is 11.3 Å². The van der Waals surface area contributed by atoms with Gasteiger partial charge in [0.1, 0.15) is 0 Å². The molecule has 2 rings (SSSR count). The fourth-order valence-electron chi connectivity index (χ4n) is 2.72. The number of methoxy groups -OCH3 is 1. The molecule has 0 aliphatic heterocycles. The Labute approximate surface area is 127 Å². The monoisotopic (exact) mass is 342 g/mol. The molecular weight excluding hydrogens is 324 g/mol. The molecule has 1 N–H and O–H groups in total. The first-order valence-electron chi connectivity index (χ1n) is 6.55. The Morgan fingerprint density at radius 2 is 2.25 bits per heavy atom. The zero-order valence-electron chi connectivity index (χ0n) is 11.9. The maximum absolute atomic E-state index is 11.1. The van der Waals surface area contributed by atoms with Crippen LogP contribution in [0.5, 0.6) is 0 Å². The molecule has 5 nitrogen and oxygen atoms in total. The van der Waals surface area contributed by atoms with E-state index in [2.05, 4.69) is 35.1 Å². The Balaban J connectivity index is 2.04. The van der Waals surface area contributed by atoms with Crippen LogP contribution in [-0.4, -0.2) is 24.2 Å². The van der Waals surface area contributed by atoms with Crippen molar-refractivity contribution in [2.24, 2.45) is 5.41 Å². The lowest BCUT2D eigenvalue weighted by Gasteiger charge is -2.51. The molecule has 1 aliphatic rings. The van der Waals surface area contributed by atoms with Crippen LogP contribution in [0.1, 0.15) is 25.8 Å². The Morgan fingerprint density at radius 3 is 2.80 bits per heavy atom. The van der Waals surface area contributed by atoms with Gasteiger partial charge in [-0.05, 0) is 18.6 Å². The van der Waals surface area contributed by atoms with Crippen molar-refractivity contribution in [2.45, 2.75) is 39.0 Å². The number of nitrogens with one attached hydrogen (secondary N) is 1. The maximum Gasteiger partial charge on any atom is 0.275 e. The smallest absolute Gasteiger partial charge is 0.275 e. The molecule has 20 heavy (non-hydrogen) atoms. The lowest BCUT2D eigenvalue weighted by molar-refractivity contribution is -0.385. The van der Waals surface area contributed by atoms with Crippen LogP contribution in [0.2, 0.25) is 0 Å². The van der Waals surface area contributed by atoms with Gasteiger partial charge >= 0.3 is 0 Å². The SMILES string of the molecule is COC1CC(NCc2ccc(Br)cc2[N+](=O)[O-])C1(C)C. The summed E-state index contributed by atoms with van der Waals surface area (Å²) in [5.41, 5.74) is 0.904. The lowest BCUT2D eigenvalue weighted by atomic mass is 9.64. The number of nitrogens with zero attached hydrogens (tertiary/aromatic N) is 1. The summed E-state index contributed by atoms with van der Waals surface area (Å²) >= 11 is 3.26. The van der Waals surface area contributed by atoms with E-state index in [1.54, 1.807) is 19.2 Å². The first-order valence-corrected chi connectivity index (χ1v) is 7.34. The molecule has 1 aliphatic carbocycles. The second-order valence-electron chi connectivity index (χ2n) is 5.75. The number of benzene rings is 1. The summed E-state index contributed by atoms with van der Waals surface area (Å²) in [6.45, 7) is 4.80. The fourth-order valence-corrected chi connectivity index (χ4v) is 3.07. The lowest BCUT2D eigenvalue weighted by Crippen LogP contribution is -2.60. The summed E-state index contributed by atoms with van der Waals surface area (Å²) in [7, 11) is 1.72. The Morgan fingerprint density at radius 1 is 1.55 bits per heavy atom. The van der Waals surface area contributed by atoms with Gasteiger partial charge in [-0.1, -0.05) is 29.8 Å². The third-order valence-corrected chi connectivity index (χ3v) is 4.74. The van der Waals surface area contributed by atoms with Crippen LogP contribution in [0.15, 0.2) is 22.7 Å². The predicted octanol–water partition coefficient (Wildman–Crippen LogP) is 3.26. The average molecular weight is 343 g/mol. The fraction of sp³-hybridized carbons (Fsp3) is 0.571. The first-order chi connectivity index (χ1) is 9.36. The molecule has 0 bridgehead atoms. The van der Waals surface area contributed by atoms with Crippen LogP contribution in [0.25, 0.3) is 0 Å². The van der Waals surface area contributed by atoms with Crippen molar-refractivity contribution in [3.63, 3.8) is 0 Å². The number of hydrogen-bond acceptors (Lipinski definition) is 4. The van der Waals surface area contributed by atoms with E-state index in [0.29, 0.717) is 18.2 Å². The standard InChI is InChI=1S/C14H19BrN2O3/c1-14(2)12(7-13(14)20-3)16-8-9-4-5-10(15)6-11(9)17(18)19/h4-6,12-13,16H,7-8H2,1-3H3. The second-order valence-corrected chi connectivity index (χ2v) is 6.66. The summed E-state index contributed by atoms with van der Waals surface area (Å²) in [6.07, 6.45) is 1.19. The van der Waals surface area contributed by atoms with E-state index in [0.717, 1.165) is 10.9 Å². The van der Waals surface area contributed by atoms with E-state index in [9.17, 15) is 10.1 Å². The van der Waals surface area contributed by atoms with Gasteiger partial charge in [0.25, 0.3) is 5.69 Å². The molecule has 0 heterocycles. The van der Waals surface area contributed by atoms with Crippen molar-refractivity contribution in [1.82, 2.24) is 5.32 Å². The molecule has 6 heteroatoms. The van der Waals surface area contributed by atoms with Crippen molar-refractivity contribution >= 4 is 21.6 Å².